The molecule has 0 aromatic heterocycles. The van der Waals surface area contributed by atoms with Crippen molar-refractivity contribution in [3.8, 4) is 5.75 Å². The van der Waals surface area contributed by atoms with Crippen molar-refractivity contribution in [2.75, 3.05) is 39.4 Å². The van der Waals surface area contributed by atoms with Crippen molar-refractivity contribution in [1.29, 1.82) is 0 Å². The zero-order chi connectivity index (χ0) is 19.2. The summed E-state index contributed by atoms with van der Waals surface area (Å²) >= 11 is 0. The number of carbonyl (C=O) groups excluding carboxylic acids is 1. The van der Waals surface area contributed by atoms with Crippen LogP contribution in [0.4, 0.5) is 0 Å². The molecule has 1 N–H and O–H groups in total. The van der Waals surface area contributed by atoms with Gasteiger partial charge in [-0.1, -0.05) is 38.1 Å². The molecule has 0 aliphatic carbocycles. The number of hydrogen-bond donors (Lipinski definition) is 1. The zero-order valence-corrected chi connectivity index (χ0v) is 16.5. The van der Waals surface area contributed by atoms with E-state index in [0.29, 0.717) is 37.0 Å². The number of ether oxygens (including phenoxy) is 2. The summed E-state index contributed by atoms with van der Waals surface area (Å²) in [5.41, 5.74) is 0.574. The van der Waals surface area contributed by atoms with E-state index in [0.717, 1.165) is 30.4 Å². The second kappa shape index (κ2) is 9.20. The molecule has 1 aliphatic rings. The molecule has 0 spiro atoms. The van der Waals surface area contributed by atoms with E-state index in [2.05, 4.69) is 24.1 Å². The molecule has 1 fully saturated rings. The number of amides is 1. The van der Waals surface area contributed by atoms with E-state index in [-0.39, 0.29) is 12.0 Å². The lowest BCUT2D eigenvalue weighted by Crippen LogP contribution is -2.48. The molecule has 27 heavy (non-hydrogen) atoms. The van der Waals surface area contributed by atoms with Crippen LogP contribution in [-0.2, 0) is 4.74 Å². The standard InChI is InChI=1S/C22H30N2O3/c1-4-26-21-12-18-8-6-5-7-17(18)11-20(21)22(25)23-13-19-15-24(9-10-27-19)14-16(2)3/h5-8,11-12,16,19H,4,9-10,13-15H2,1-3H3,(H,23,25). The Morgan fingerprint density at radius 3 is 2.74 bits per heavy atom. The van der Waals surface area contributed by atoms with Crippen LogP contribution in [0.5, 0.6) is 5.75 Å². The van der Waals surface area contributed by atoms with Crippen LogP contribution in [0.25, 0.3) is 10.8 Å². The number of rotatable bonds is 7. The number of fused-ring (bicyclic) bond motifs is 1. The van der Waals surface area contributed by atoms with Gasteiger partial charge in [0, 0.05) is 26.2 Å². The predicted octanol–water partition coefficient (Wildman–Crippen LogP) is 3.33. The van der Waals surface area contributed by atoms with Gasteiger partial charge in [-0.25, -0.2) is 0 Å². The van der Waals surface area contributed by atoms with Crippen molar-refractivity contribution in [2.24, 2.45) is 5.92 Å². The molecule has 3 rings (SSSR count). The molecule has 0 bridgehead atoms. The first-order valence-corrected chi connectivity index (χ1v) is 9.84. The van der Waals surface area contributed by atoms with Crippen LogP contribution in [-0.4, -0.2) is 56.3 Å². The van der Waals surface area contributed by atoms with Gasteiger partial charge in [0.2, 0.25) is 0 Å². The van der Waals surface area contributed by atoms with Gasteiger partial charge in [0.15, 0.2) is 0 Å². The molecule has 1 atom stereocenters. The van der Waals surface area contributed by atoms with Gasteiger partial charge in [0.1, 0.15) is 5.75 Å². The zero-order valence-electron chi connectivity index (χ0n) is 16.5. The fraction of sp³-hybridized carbons (Fsp3) is 0.500. The molecule has 146 valence electrons. The van der Waals surface area contributed by atoms with Crippen LogP contribution in [0, 0.1) is 5.92 Å². The Morgan fingerprint density at radius 2 is 2.04 bits per heavy atom. The Labute approximate surface area is 161 Å². The highest BCUT2D eigenvalue weighted by Crippen LogP contribution is 2.26. The van der Waals surface area contributed by atoms with Crippen LogP contribution >= 0.6 is 0 Å². The van der Waals surface area contributed by atoms with Crippen LogP contribution in [0.15, 0.2) is 36.4 Å². The third-order valence-electron chi connectivity index (χ3n) is 4.73. The molecule has 1 heterocycles. The van der Waals surface area contributed by atoms with E-state index in [1.807, 2.05) is 43.3 Å². The minimum atomic E-state index is -0.117. The molecule has 0 radical (unpaired) electrons. The Kier molecular flexibility index (Phi) is 6.69. The largest absolute Gasteiger partial charge is 0.493 e. The number of nitrogens with one attached hydrogen (secondary N) is 1. The third kappa shape index (κ3) is 5.21. The van der Waals surface area contributed by atoms with Crippen LogP contribution in [0.2, 0.25) is 0 Å². The summed E-state index contributed by atoms with van der Waals surface area (Å²) in [6.45, 7) is 11.0. The fourth-order valence-electron chi connectivity index (χ4n) is 3.56. The number of hydrogen-bond acceptors (Lipinski definition) is 4. The summed E-state index contributed by atoms with van der Waals surface area (Å²) in [5.74, 6) is 1.14. The molecule has 5 heteroatoms. The second-order valence-electron chi connectivity index (χ2n) is 7.48. The van der Waals surface area contributed by atoms with Crippen LogP contribution in [0.3, 0.4) is 0 Å². The number of carbonyl (C=O) groups is 1. The summed E-state index contributed by atoms with van der Waals surface area (Å²) in [6.07, 6.45) is 0.0254. The van der Waals surface area contributed by atoms with Crippen molar-refractivity contribution in [2.45, 2.75) is 26.9 Å². The van der Waals surface area contributed by atoms with E-state index >= 15 is 0 Å². The maximum atomic E-state index is 12.8. The summed E-state index contributed by atoms with van der Waals surface area (Å²) in [6, 6.07) is 11.8. The van der Waals surface area contributed by atoms with Gasteiger partial charge in [0.25, 0.3) is 5.91 Å². The van der Waals surface area contributed by atoms with Gasteiger partial charge in [-0.3, -0.25) is 9.69 Å². The van der Waals surface area contributed by atoms with E-state index in [1.165, 1.54) is 0 Å². The van der Waals surface area contributed by atoms with Crippen molar-refractivity contribution < 1.29 is 14.3 Å². The topological polar surface area (TPSA) is 50.8 Å². The number of morpholine rings is 1. The van der Waals surface area contributed by atoms with Gasteiger partial charge in [-0.05, 0) is 35.7 Å². The van der Waals surface area contributed by atoms with E-state index < -0.39 is 0 Å². The molecule has 1 amide bonds. The second-order valence-corrected chi connectivity index (χ2v) is 7.48. The van der Waals surface area contributed by atoms with Gasteiger partial charge in [-0.2, -0.15) is 0 Å². The Hall–Kier alpha value is -2.11. The normalized spacial score (nSPS) is 18.0. The fourth-order valence-corrected chi connectivity index (χ4v) is 3.56. The lowest BCUT2D eigenvalue weighted by atomic mass is 10.1. The minimum Gasteiger partial charge on any atom is -0.493 e. The Bertz CT molecular complexity index is 775. The van der Waals surface area contributed by atoms with E-state index in [4.69, 9.17) is 9.47 Å². The molecule has 1 aliphatic heterocycles. The van der Waals surface area contributed by atoms with Crippen molar-refractivity contribution >= 4 is 16.7 Å². The smallest absolute Gasteiger partial charge is 0.255 e. The number of benzene rings is 2. The first kappa shape index (κ1) is 19.6. The number of nitrogens with zero attached hydrogens (tertiary/aromatic N) is 1. The van der Waals surface area contributed by atoms with E-state index in [1.54, 1.807) is 0 Å². The summed E-state index contributed by atoms with van der Waals surface area (Å²) < 4.78 is 11.6. The van der Waals surface area contributed by atoms with Crippen LogP contribution < -0.4 is 10.1 Å². The average Bonchev–Trinajstić information content (AvgIpc) is 2.65. The minimum absolute atomic E-state index is 0.0254. The van der Waals surface area contributed by atoms with Gasteiger partial charge < -0.3 is 14.8 Å². The van der Waals surface area contributed by atoms with Crippen molar-refractivity contribution in [1.82, 2.24) is 10.2 Å². The van der Waals surface area contributed by atoms with Gasteiger partial charge in [0.05, 0.1) is 24.9 Å². The van der Waals surface area contributed by atoms with Gasteiger partial charge in [-0.15, -0.1) is 0 Å². The highest BCUT2D eigenvalue weighted by Gasteiger charge is 2.22. The Balaban J connectivity index is 1.67. The first-order valence-electron chi connectivity index (χ1n) is 9.84. The molecule has 2 aromatic rings. The quantitative estimate of drug-likeness (QED) is 0.812. The highest BCUT2D eigenvalue weighted by molar-refractivity contribution is 6.01. The molecule has 1 saturated heterocycles. The molecular formula is C22H30N2O3. The average molecular weight is 370 g/mol. The molecule has 1 unspecified atom stereocenters. The molecule has 5 nitrogen and oxygen atoms in total. The molecular weight excluding hydrogens is 340 g/mol. The highest BCUT2D eigenvalue weighted by atomic mass is 16.5. The molecule has 0 saturated carbocycles. The monoisotopic (exact) mass is 370 g/mol. The van der Waals surface area contributed by atoms with Crippen LogP contribution in [0.1, 0.15) is 31.1 Å². The molecule has 2 aromatic carbocycles. The maximum Gasteiger partial charge on any atom is 0.255 e. The van der Waals surface area contributed by atoms with Crippen molar-refractivity contribution in [3.63, 3.8) is 0 Å². The summed E-state index contributed by atoms with van der Waals surface area (Å²) in [4.78, 5) is 15.2. The lowest BCUT2D eigenvalue weighted by molar-refractivity contribution is -0.0295. The Morgan fingerprint density at radius 1 is 1.30 bits per heavy atom. The summed E-state index contributed by atoms with van der Waals surface area (Å²) in [7, 11) is 0. The lowest BCUT2D eigenvalue weighted by Gasteiger charge is -2.34. The predicted molar refractivity (Wildman–Crippen MR) is 108 cm³/mol. The maximum absolute atomic E-state index is 12.8. The SMILES string of the molecule is CCOc1cc2ccccc2cc1C(=O)NCC1CN(CC(C)C)CCO1. The van der Waals surface area contributed by atoms with Crippen molar-refractivity contribution in [3.05, 3.63) is 42.0 Å². The van der Waals surface area contributed by atoms with E-state index in [9.17, 15) is 4.79 Å². The van der Waals surface area contributed by atoms with Gasteiger partial charge >= 0.3 is 0 Å². The first-order chi connectivity index (χ1) is 13.1. The third-order valence-corrected chi connectivity index (χ3v) is 4.73. The summed E-state index contributed by atoms with van der Waals surface area (Å²) in [5, 5.41) is 5.13.